The van der Waals surface area contributed by atoms with Crippen LogP contribution in [0.4, 0.5) is 0 Å². The van der Waals surface area contributed by atoms with Gasteiger partial charge in [-0.05, 0) is 36.4 Å². The Balaban J connectivity index is 1.50. The lowest BCUT2D eigenvalue weighted by Gasteiger charge is -2.30. The summed E-state index contributed by atoms with van der Waals surface area (Å²) >= 11 is 1.58. The van der Waals surface area contributed by atoms with E-state index in [4.69, 9.17) is 8.94 Å². The predicted octanol–water partition coefficient (Wildman–Crippen LogP) is 3.41. The van der Waals surface area contributed by atoms with E-state index >= 15 is 0 Å². The lowest BCUT2D eigenvalue weighted by molar-refractivity contribution is 0.0663. The van der Waals surface area contributed by atoms with Gasteiger partial charge in [0.15, 0.2) is 5.76 Å². The molecule has 4 rings (SSSR count). The molecule has 1 saturated heterocycles. The van der Waals surface area contributed by atoms with Crippen molar-refractivity contribution in [1.82, 2.24) is 15.0 Å². The Morgan fingerprint density at radius 2 is 2.30 bits per heavy atom. The second-order valence-electron chi connectivity index (χ2n) is 5.50. The molecule has 3 aromatic heterocycles. The smallest absolute Gasteiger partial charge is 0.289 e. The highest BCUT2D eigenvalue weighted by Crippen LogP contribution is 2.29. The van der Waals surface area contributed by atoms with Gasteiger partial charge < -0.3 is 13.8 Å². The Bertz CT molecular complexity index is 779. The first-order valence-electron chi connectivity index (χ1n) is 7.51. The number of nitrogens with zero attached hydrogens (tertiary/aromatic N) is 3. The normalized spacial score (nSPS) is 18.3. The second kappa shape index (κ2) is 6.00. The number of hydrogen-bond acceptors (Lipinski definition) is 6. The predicted molar refractivity (Wildman–Crippen MR) is 84.2 cm³/mol. The molecular formula is C16H15N3O3S. The SMILES string of the molecule is O=C(c1ccco1)N1CCC[C@H](c2nc(-c3cccs3)no2)C1. The molecule has 0 bridgehead atoms. The summed E-state index contributed by atoms with van der Waals surface area (Å²) in [7, 11) is 0. The summed E-state index contributed by atoms with van der Waals surface area (Å²) in [6.07, 6.45) is 3.36. The van der Waals surface area contributed by atoms with Gasteiger partial charge in [0.2, 0.25) is 11.7 Å². The number of amides is 1. The van der Waals surface area contributed by atoms with Crippen LogP contribution in [0.1, 0.15) is 35.2 Å². The fourth-order valence-corrected chi connectivity index (χ4v) is 3.48. The molecule has 1 fully saturated rings. The Hall–Kier alpha value is -2.41. The summed E-state index contributed by atoms with van der Waals surface area (Å²) in [6, 6.07) is 7.33. The maximum Gasteiger partial charge on any atom is 0.289 e. The summed E-state index contributed by atoms with van der Waals surface area (Å²) in [5.74, 6) is 1.58. The van der Waals surface area contributed by atoms with Gasteiger partial charge in [-0.2, -0.15) is 4.98 Å². The average molecular weight is 329 g/mol. The maximum absolute atomic E-state index is 12.4. The van der Waals surface area contributed by atoms with E-state index in [-0.39, 0.29) is 11.8 Å². The maximum atomic E-state index is 12.4. The van der Waals surface area contributed by atoms with Crippen LogP contribution < -0.4 is 0 Å². The number of carbonyl (C=O) groups is 1. The van der Waals surface area contributed by atoms with Crippen molar-refractivity contribution < 1.29 is 13.7 Å². The first-order valence-corrected chi connectivity index (χ1v) is 8.39. The molecule has 0 spiro atoms. The van der Waals surface area contributed by atoms with Crippen LogP contribution in [-0.4, -0.2) is 34.0 Å². The van der Waals surface area contributed by atoms with Gasteiger partial charge in [-0.1, -0.05) is 11.2 Å². The van der Waals surface area contributed by atoms with Crippen LogP contribution in [0.15, 0.2) is 44.8 Å². The minimum Gasteiger partial charge on any atom is -0.459 e. The van der Waals surface area contributed by atoms with Gasteiger partial charge in [0.05, 0.1) is 17.1 Å². The number of piperidine rings is 1. The van der Waals surface area contributed by atoms with Gasteiger partial charge >= 0.3 is 0 Å². The molecule has 0 aliphatic carbocycles. The fourth-order valence-electron chi connectivity index (χ4n) is 2.83. The molecule has 0 saturated carbocycles. The molecule has 0 N–H and O–H groups in total. The highest BCUT2D eigenvalue weighted by molar-refractivity contribution is 7.13. The highest BCUT2D eigenvalue weighted by Gasteiger charge is 2.30. The van der Waals surface area contributed by atoms with Crippen molar-refractivity contribution >= 4 is 17.2 Å². The zero-order valence-electron chi connectivity index (χ0n) is 12.3. The van der Waals surface area contributed by atoms with Crippen LogP contribution in [0.3, 0.4) is 0 Å². The van der Waals surface area contributed by atoms with Gasteiger partial charge in [0, 0.05) is 13.1 Å². The summed E-state index contributed by atoms with van der Waals surface area (Å²) < 4.78 is 10.6. The average Bonchev–Trinajstić information content (AvgIpc) is 3.36. The Morgan fingerprint density at radius 1 is 1.35 bits per heavy atom. The third-order valence-corrected chi connectivity index (χ3v) is 4.84. The van der Waals surface area contributed by atoms with Crippen LogP contribution in [0, 0.1) is 0 Å². The van der Waals surface area contributed by atoms with Crippen LogP contribution in [0.5, 0.6) is 0 Å². The van der Waals surface area contributed by atoms with Crippen molar-refractivity contribution in [2.45, 2.75) is 18.8 Å². The largest absolute Gasteiger partial charge is 0.459 e. The van der Waals surface area contributed by atoms with Gasteiger partial charge in [0.25, 0.3) is 5.91 Å². The minimum atomic E-state index is -0.0855. The number of thiophene rings is 1. The van der Waals surface area contributed by atoms with E-state index in [1.54, 1.807) is 28.4 Å². The number of carbonyl (C=O) groups excluding carboxylic acids is 1. The molecule has 4 heterocycles. The van der Waals surface area contributed by atoms with Crippen LogP contribution >= 0.6 is 11.3 Å². The molecule has 7 heteroatoms. The van der Waals surface area contributed by atoms with E-state index in [0.717, 1.165) is 24.3 Å². The zero-order valence-corrected chi connectivity index (χ0v) is 13.2. The standard InChI is InChI=1S/C16H15N3O3S/c20-16(12-5-2-8-21-12)19-7-1-4-11(10-19)15-17-14(18-22-15)13-6-3-9-23-13/h2-3,5-6,8-9,11H,1,4,7,10H2/t11-/m0/s1. The monoisotopic (exact) mass is 329 g/mol. The molecule has 0 unspecified atom stereocenters. The molecule has 3 aromatic rings. The quantitative estimate of drug-likeness (QED) is 0.736. The second-order valence-corrected chi connectivity index (χ2v) is 6.45. The number of furan rings is 1. The van der Waals surface area contributed by atoms with Gasteiger partial charge in [-0.15, -0.1) is 11.3 Å². The summed E-state index contributed by atoms with van der Waals surface area (Å²) in [5.41, 5.74) is 0. The number of hydrogen-bond donors (Lipinski definition) is 0. The molecule has 0 radical (unpaired) electrons. The third-order valence-electron chi connectivity index (χ3n) is 3.97. The Labute approximate surface area is 136 Å². The fraction of sp³-hybridized carbons (Fsp3) is 0.312. The molecule has 6 nitrogen and oxygen atoms in total. The molecule has 1 atom stereocenters. The molecule has 118 valence electrons. The zero-order chi connectivity index (χ0) is 15.6. The van der Waals surface area contributed by atoms with E-state index in [0.29, 0.717) is 24.0 Å². The number of likely N-dealkylation sites (tertiary alicyclic amines) is 1. The van der Waals surface area contributed by atoms with E-state index < -0.39 is 0 Å². The first kappa shape index (κ1) is 14.2. The molecule has 1 aliphatic heterocycles. The molecule has 0 aromatic carbocycles. The van der Waals surface area contributed by atoms with Crippen molar-refractivity contribution in [3.63, 3.8) is 0 Å². The van der Waals surface area contributed by atoms with Crippen molar-refractivity contribution in [2.75, 3.05) is 13.1 Å². The first-order chi connectivity index (χ1) is 11.3. The Kier molecular flexibility index (Phi) is 3.70. The molecule has 1 aliphatic rings. The third kappa shape index (κ3) is 2.79. The molecular weight excluding hydrogens is 314 g/mol. The van der Waals surface area contributed by atoms with Crippen LogP contribution in [0.2, 0.25) is 0 Å². The molecule has 1 amide bonds. The van der Waals surface area contributed by atoms with Crippen molar-refractivity contribution in [3.8, 4) is 10.7 Å². The van der Waals surface area contributed by atoms with Gasteiger partial charge in [-0.25, -0.2) is 0 Å². The van der Waals surface area contributed by atoms with Crippen molar-refractivity contribution in [3.05, 3.63) is 47.6 Å². The number of aromatic nitrogens is 2. The Morgan fingerprint density at radius 3 is 3.09 bits per heavy atom. The van der Waals surface area contributed by atoms with E-state index in [9.17, 15) is 4.79 Å². The topological polar surface area (TPSA) is 72.4 Å². The van der Waals surface area contributed by atoms with E-state index in [2.05, 4.69) is 10.1 Å². The summed E-state index contributed by atoms with van der Waals surface area (Å²) in [5, 5.41) is 6.04. The lowest BCUT2D eigenvalue weighted by atomic mass is 9.98. The van der Waals surface area contributed by atoms with Crippen LogP contribution in [0.25, 0.3) is 10.7 Å². The van der Waals surface area contributed by atoms with E-state index in [1.165, 1.54) is 6.26 Å². The van der Waals surface area contributed by atoms with Crippen molar-refractivity contribution in [2.24, 2.45) is 0 Å². The van der Waals surface area contributed by atoms with E-state index in [1.807, 2.05) is 17.5 Å². The molecule has 23 heavy (non-hydrogen) atoms. The van der Waals surface area contributed by atoms with Crippen molar-refractivity contribution in [1.29, 1.82) is 0 Å². The van der Waals surface area contributed by atoms with Gasteiger partial charge in [0.1, 0.15) is 0 Å². The lowest BCUT2D eigenvalue weighted by Crippen LogP contribution is -2.39. The van der Waals surface area contributed by atoms with Crippen LogP contribution in [-0.2, 0) is 0 Å². The van der Waals surface area contributed by atoms with Gasteiger partial charge in [-0.3, -0.25) is 4.79 Å². The minimum absolute atomic E-state index is 0.0730. The number of rotatable bonds is 3. The summed E-state index contributed by atoms with van der Waals surface area (Å²) in [6.45, 7) is 1.30. The highest BCUT2D eigenvalue weighted by atomic mass is 32.1. The summed E-state index contributed by atoms with van der Waals surface area (Å²) in [4.78, 5) is 19.7.